The van der Waals surface area contributed by atoms with E-state index < -0.39 is 0 Å². The van der Waals surface area contributed by atoms with Crippen molar-refractivity contribution >= 4 is 5.95 Å². The molecule has 2 N–H and O–H groups in total. The van der Waals surface area contributed by atoms with E-state index in [0.717, 1.165) is 18.5 Å². The third-order valence-corrected chi connectivity index (χ3v) is 2.17. The summed E-state index contributed by atoms with van der Waals surface area (Å²) in [5.41, 5.74) is 6.75. The second-order valence-corrected chi connectivity index (χ2v) is 3.38. The van der Waals surface area contributed by atoms with Crippen molar-refractivity contribution in [3.05, 3.63) is 30.3 Å². The average molecular weight is 202 g/mol. The molecule has 4 nitrogen and oxygen atoms in total. The van der Waals surface area contributed by atoms with E-state index >= 15 is 0 Å². The van der Waals surface area contributed by atoms with Crippen LogP contribution in [0.1, 0.15) is 13.3 Å². The normalized spacial score (nSPS) is 10.5. The smallest absolute Gasteiger partial charge is 0.219 e. The minimum atomic E-state index is 0.482. The zero-order valence-corrected chi connectivity index (χ0v) is 8.72. The molecule has 2 aromatic rings. The highest BCUT2D eigenvalue weighted by Crippen LogP contribution is 2.15. The Kier molecular flexibility index (Phi) is 2.67. The van der Waals surface area contributed by atoms with Crippen LogP contribution in [0.15, 0.2) is 30.3 Å². The largest absolute Gasteiger partial charge is 0.368 e. The number of hydrogen-bond donors (Lipinski definition) is 1. The highest BCUT2D eigenvalue weighted by atomic mass is 15.4. The molecule has 15 heavy (non-hydrogen) atoms. The summed E-state index contributed by atoms with van der Waals surface area (Å²) < 4.78 is 1.74. The molecule has 0 aliphatic rings. The summed E-state index contributed by atoms with van der Waals surface area (Å²) >= 11 is 0. The Hall–Kier alpha value is -1.84. The van der Waals surface area contributed by atoms with Gasteiger partial charge in [0, 0.05) is 12.1 Å². The number of hydrogen-bond acceptors (Lipinski definition) is 3. The maximum Gasteiger partial charge on any atom is 0.219 e. The number of anilines is 1. The van der Waals surface area contributed by atoms with Crippen molar-refractivity contribution < 1.29 is 0 Å². The van der Waals surface area contributed by atoms with Crippen LogP contribution in [0.5, 0.6) is 0 Å². The van der Waals surface area contributed by atoms with Gasteiger partial charge in [0.15, 0.2) is 5.82 Å². The average Bonchev–Trinajstić information content (AvgIpc) is 2.63. The Morgan fingerprint density at radius 1 is 1.27 bits per heavy atom. The van der Waals surface area contributed by atoms with Gasteiger partial charge in [-0.3, -0.25) is 0 Å². The van der Waals surface area contributed by atoms with Gasteiger partial charge in [0.05, 0.1) is 0 Å². The molecule has 4 heteroatoms. The van der Waals surface area contributed by atoms with Crippen molar-refractivity contribution in [2.75, 3.05) is 5.73 Å². The first-order valence-corrected chi connectivity index (χ1v) is 5.07. The first-order chi connectivity index (χ1) is 7.31. The first-order valence-electron chi connectivity index (χ1n) is 5.07. The number of nitrogens with two attached hydrogens (primary N) is 1. The van der Waals surface area contributed by atoms with Gasteiger partial charge in [-0.1, -0.05) is 37.3 Å². The quantitative estimate of drug-likeness (QED) is 0.827. The lowest BCUT2D eigenvalue weighted by molar-refractivity contribution is 0.612. The number of benzene rings is 1. The zero-order chi connectivity index (χ0) is 10.7. The number of nitrogens with zero attached hydrogens (tertiary/aromatic N) is 3. The van der Waals surface area contributed by atoms with Crippen LogP contribution in [0.25, 0.3) is 11.4 Å². The molecule has 0 aliphatic heterocycles. The van der Waals surface area contributed by atoms with Gasteiger partial charge in [-0.25, -0.2) is 4.68 Å². The van der Waals surface area contributed by atoms with E-state index in [9.17, 15) is 0 Å². The van der Waals surface area contributed by atoms with Crippen molar-refractivity contribution in [3.8, 4) is 11.4 Å². The molecule has 1 aromatic heterocycles. The van der Waals surface area contributed by atoms with Crippen LogP contribution < -0.4 is 5.73 Å². The molecule has 0 bridgehead atoms. The summed E-state index contributed by atoms with van der Waals surface area (Å²) in [7, 11) is 0. The van der Waals surface area contributed by atoms with Crippen molar-refractivity contribution in [1.29, 1.82) is 0 Å². The lowest BCUT2D eigenvalue weighted by Gasteiger charge is -1.97. The monoisotopic (exact) mass is 202 g/mol. The molecule has 0 radical (unpaired) electrons. The van der Waals surface area contributed by atoms with Gasteiger partial charge in [0.2, 0.25) is 5.95 Å². The maximum atomic E-state index is 5.75. The lowest BCUT2D eigenvalue weighted by atomic mass is 10.2. The summed E-state index contributed by atoms with van der Waals surface area (Å²) in [5, 5.41) is 4.35. The molecule has 1 heterocycles. The third kappa shape index (κ3) is 1.98. The van der Waals surface area contributed by atoms with Crippen molar-refractivity contribution in [3.63, 3.8) is 0 Å². The predicted octanol–water partition coefficient (Wildman–Crippen LogP) is 1.94. The zero-order valence-electron chi connectivity index (χ0n) is 8.72. The minimum absolute atomic E-state index is 0.482. The Morgan fingerprint density at radius 2 is 2.00 bits per heavy atom. The van der Waals surface area contributed by atoms with Crippen LogP contribution in [0, 0.1) is 0 Å². The fourth-order valence-corrected chi connectivity index (χ4v) is 1.44. The van der Waals surface area contributed by atoms with E-state index in [4.69, 9.17) is 5.73 Å². The van der Waals surface area contributed by atoms with Gasteiger partial charge in [-0.15, -0.1) is 5.10 Å². The fraction of sp³-hybridized carbons (Fsp3) is 0.273. The van der Waals surface area contributed by atoms with Crippen LogP contribution in [0.2, 0.25) is 0 Å². The van der Waals surface area contributed by atoms with E-state index in [1.54, 1.807) is 4.68 Å². The van der Waals surface area contributed by atoms with E-state index in [-0.39, 0.29) is 0 Å². The number of aryl methyl sites for hydroxylation is 1. The summed E-state index contributed by atoms with van der Waals surface area (Å²) in [5.74, 6) is 1.18. The minimum Gasteiger partial charge on any atom is -0.368 e. The van der Waals surface area contributed by atoms with Crippen LogP contribution in [0.4, 0.5) is 5.95 Å². The molecule has 0 spiro atoms. The SMILES string of the molecule is CCCn1nc(-c2ccccc2)nc1N. The highest BCUT2D eigenvalue weighted by molar-refractivity contribution is 5.55. The summed E-state index contributed by atoms with van der Waals surface area (Å²) in [6.07, 6.45) is 1.00. The molecule has 1 aromatic carbocycles. The maximum absolute atomic E-state index is 5.75. The molecule has 0 unspecified atom stereocenters. The van der Waals surface area contributed by atoms with Gasteiger partial charge in [-0.2, -0.15) is 4.98 Å². The summed E-state index contributed by atoms with van der Waals surface area (Å²) in [6.45, 7) is 2.90. The molecule has 0 fully saturated rings. The predicted molar refractivity (Wildman–Crippen MR) is 60.2 cm³/mol. The van der Waals surface area contributed by atoms with E-state index in [1.165, 1.54) is 0 Å². The van der Waals surface area contributed by atoms with Gasteiger partial charge in [0.1, 0.15) is 0 Å². The standard InChI is InChI=1S/C11H14N4/c1-2-8-15-11(12)13-10(14-15)9-6-4-3-5-7-9/h3-7H,2,8H2,1H3,(H2,12,13,14). The van der Waals surface area contributed by atoms with Crippen LogP contribution >= 0.6 is 0 Å². The molecule has 0 saturated carbocycles. The van der Waals surface area contributed by atoms with Gasteiger partial charge >= 0.3 is 0 Å². The Bertz CT molecular complexity index is 433. The Labute approximate surface area is 88.8 Å². The second-order valence-electron chi connectivity index (χ2n) is 3.38. The van der Waals surface area contributed by atoms with Crippen molar-refractivity contribution in [2.24, 2.45) is 0 Å². The van der Waals surface area contributed by atoms with Gasteiger partial charge in [0.25, 0.3) is 0 Å². The molecular weight excluding hydrogens is 188 g/mol. The molecule has 0 aliphatic carbocycles. The topological polar surface area (TPSA) is 56.7 Å². The Morgan fingerprint density at radius 3 is 2.67 bits per heavy atom. The molecule has 78 valence electrons. The van der Waals surface area contributed by atoms with Crippen LogP contribution in [0.3, 0.4) is 0 Å². The van der Waals surface area contributed by atoms with E-state index in [0.29, 0.717) is 11.8 Å². The first kappa shape index (κ1) is 9.71. The van der Waals surface area contributed by atoms with Crippen LogP contribution in [-0.4, -0.2) is 14.8 Å². The summed E-state index contributed by atoms with van der Waals surface area (Å²) in [6, 6.07) is 9.85. The van der Waals surface area contributed by atoms with Crippen molar-refractivity contribution in [1.82, 2.24) is 14.8 Å². The molecule has 0 saturated heterocycles. The van der Waals surface area contributed by atoms with Gasteiger partial charge in [-0.05, 0) is 6.42 Å². The second kappa shape index (κ2) is 4.13. The van der Waals surface area contributed by atoms with Gasteiger partial charge < -0.3 is 5.73 Å². The molecule has 2 rings (SSSR count). The third-order valence-electron chi connectivity index (χ3n) is 2.17. The highest BCUT2D eigenvalue weighted by Gasteiger charge is 2.07. The number of nitrogen functional groups attached to an aromatic ring is 1. The van der Waals surface area contributed by atoms with E-state index in [2.05, 4.69) is 17.0 Å². The van der Waals surface area contributed by atoms with Crippen molar-refractivity contribution in [2.45, 2.75) is 19.9 Å². The molecular formula is C11H14N4. The fourth-order valence-electron chi connectivity index (χ4n) is 1.44. The molecule has 0 amide bonds. The van der Waals surface area contributed by atoms with E-state index in [1.807, 2.05) is 30.3 Å². The molecule has 0 atom stereocenters. The summed E-state index contributed by atoms with van der Waals surface area (Å²) in [4.78, 5) is 4.23. The van der Waals surface area contributed by atoms with Crippen LogP contribution in [-0.2, 0) is 6.54 Å². The Balaban J connectivity index is 2.34. The lowest BCUT2D eigenvalue weighted by Crippen LogP contribution is -2.04. The number of aromatic nitrogens is 3. The number of rotatable bonds is 3.